The largest absolute Gasteiger partial charge is 0.393 e. The predicted octanol–water partition coefficient (Wildman–Crippen LogP) is 3.27. The van der Waals surface area contributed by atoms with Crippen LogP contribution in [0.25, 0.3) is 0 Å². The van der Waals surface area contributed by atoms with Crippen LogP contribution in [0, 0.1) is 46.3 Å². The van der Waals surface area contributed by atoms with Crippen molar-refractivity contribution in [2.24, 2.45) is 34.5 Å². The van der Waals surface area contributed by atoms with Gasteiger partial charge in [-0.15, -0.1) is 5.92 Å². The third kappa shape index (κ3) is 3.94. The second-order valence-corrected chi connectivity index (χ2v) is 11.1. The Morgan fingerprint density at radius 2 is 1.90 bits per heavy atom. The molecule has 0 amide bonds. The Labute approximate surface area is 194 Å². The maximum absolute atomic E-state index is 13.4. The van der Waals surface area contributed by atoms with E-state index in [1.807, 2.05) is 13.8 Å². The molecule has 3 N–H and O–H groups in total. The van der Waals surface area contributed by atoms with Crippen molar-refractivity contribution < 1.29 is 24.9 Å². The van der Waals surface area contributed by atoms with Gasteiger partial charge in [-0.1, -0.05) is 35.7 Å². The topological polar surface area (TPSA) is 94.8 Å². The summed E-state index contributed by atoms with van der Waals surface area (Å²) in [6.45, 7) is 5.28. The van der Waals surface area contributed by atoms with Crippen molar-refractivity contribution in [3.63, 3.8) is 0 Å². The molecule has 0 spiro atoms. The molecule has 0 bridgehead atoms. The molecular weight excluding hydrogens is 460 g/mol. The molecule has 6 heteroatoms. The molecule has 0 saturated heterocycles. The Hall–Kier alpha value is -0.740. The van der Waals surface area contributed by atoms with Crippen LogP contribution in [0.4, 0.5) is 0 Å². The Kier molecular flexibility index (Phi) is 7.43. The van der Waals surface area contributed by atoms with Gasteiger partial charge in [-0.05, 0) is 75.0 Å². The van der Waals surface area contributed by atoms with Crippen LogP contribution >= 0.6 is 15.9 Å². The molecule has 4 rings (SSSR count). The first-order chi connectivity index (χ1) is 14.6. The lowest BCUT2D eigenvalue weighted by atomic mass is 9.44. The SMILES string of the molecule is CC#CCBr.C[C@]12CC[C@@H](O)C[C@H]1CC[C@@H]1[C@@H]2C(=O)C[C@@]2(C)[C@H]1CC[C@]2(O)C(=O)CO. The Morgan fingerprint density at radius 3 is 2.48 bits per heavy atom. The van der Waals surface area contributed by atoms with Crippen molar-refractivity contribution in [3.8, 4) is 11.8 Å². The Morgan fingerprint density at radius 1 is 1.19 bits per heavy atom. The van der Waals surface area contributed by atoms with E-state index < -0.39 is 23.4 Å². The van der Waals surface area contributed by atoms with Gasteiger partial charge in [-0.3, -0.25) is 9.59 Å². The summed E-state index contributed by atoms with van der Waals surface area (Å²) in [6, 6.07) is 0. The van der Waals surface area contributed by atoms with E-state index in [0.717, 1.165) is 43.9 Å². The van der Waals surface area contributed by atoms with Gasteiger partial charge in [0.2, 0.25) is 0 Å². The van der Waals surface area contributed by atoms with Gasteiger partial charge in [0.15, 0.2) is 5.78 Å². The molecule has 0 heterocycles. The molecule has 0 aromatic carbocycles. The van der Waals surface area contributed by atoms with Crippen molar-refractivity contribution >= 4 is 27.5 Å². The van der Waals surface area contributed by atoms with Crippen LogP contribution in [0.1, 0.15) is 72.1 Å². The van der Waals surface area contributed by atoms with Crippen LogP contribution in [-0.4, -0.2) is 50.5 Å². The van der Waals surface area contributed by atoms with Crippen molar-refractivity contribution in [1.29, 1.82) is 0 Å². The van der Waals surface area contributed by atoms with E-state index in [9.17, 15) is 24.9 Å². The molecule has 0 aromatic rings. The molecule has 0 aromatic heterocycles. The number of carbonyl (C=O) groups is 2. The number of alkyl halides is 1. The lowest BCUT2D eigenvalue weighted by molar-refractivity contribution is -0.180. The quantitative estimate of drug-likeness (QED) is 0.402. The first-order valence-electron chi connectivity index (χ1n) is 11.6. The molecule has 0 radical (unpaired) electrons. The minimum atomic E-state index is -1.58. The first-order valence-corrected chi connectivity index (χ1v) is 12.7. The van der Waals surface area contributed by atoms with Crippen LogP contribution in [0.3, 0.4) is 0 Å². The van der Waals surface area contributed by atoms with Crippen LogP contribution < -0.4 is 0 Å². The van der Waals surface area contributed by atoms with Gasteiger partial charge < -0.3 is 15.3 Å². The molecule has 0 aliphatic heterocycles. The normalized spacial score (nSPS) is 45.8. The number of rotatable bonds is 2. The highest BCUT2D eigenvalue weighted by molar-refractivity contribution is 9.09. The fraction of sp³-hybridized carbons (Fsp3) is 0.840. The number of halogens is 1. The molecule has 31 heavy (non-hydrogen) atoms. The van der Waals surface area contributed by atoms with E-state index in [-0.39, 0.29) is 41.5 Å². The van der Waals surface area contributed by atoms with E-state index in [4.69, 9.17) is 0 Å². The highest BCUT2D eigenvalue weighted by atomic mass is 79.9. The van der Waals surface area contributed by atoms with E-state index in [2.05, 4.69) is 34.7 Å². The molecule has 0 unspecified atom stereocenters. The highest BCUT2D eigenvalue weighted by Gasteiger charge is 2.68. The van der Waals surface area contributed by atoms with Gasteiger partial charge in [0.25, 0.3) is 0 Å². The van der Waals surface area contributed by atoms with E-state index in [1.165, 1.54) is 0 Å². The van der Waals surface area contributed by atoms with Gasteiger partial charge in [0.1, 0.15) is 18.0 Å². The van der Waals surface area contributed by atoms with Gasteiger partial charge in [-0.2, -0.15) is 0 Å². The summed E-state index contributed by atoms with van der Waals surface area (Å²) < 4.78 is 0. The van der Waals surface area contributed by atoms with E-state index in [0.29, 0.717) is 12.3 Å². The summed E-state index contributed by atoms with van der Waals surface area (Å²) >= 11 is 3.14. The molecule has 174 valence electrons. The molecule has 4 saturated carbocycles. The maximum atomic E-state index is 13.4. The fourth-order valence-corrected chi connectivity index (χ4v) is 7.99. The summed E-state index contributed by atoms with van der Waals surface area (Å²) in [4.78, 5) is 25.7. The number of fused-ring (bicyclic) bond motifs is 5. The third-order valence-electron chi connectivity index (χ3n) is 9.33. The molecule has 5 nitrogen and oxygen atoms in total. The van der Waals surface area contributed by atoms with Gasteiger partial charge in [-0.25, -0.2) is 0 Å². The second-order valence-electron chi connectivity index (χ2n) is 10.6. The number of aliphatic hydroxyl groups excluding tert-OH is 2. The average Bonchev–Trinajstić information content (AvgIpc) is 3.00. The standard InChI is InChI=1S/C21H32O5.C4H5Br/c1-19-7-5-13(23)9-12(19)3-4-14-15-6-8-21(26,17(25)11-22)20(15,2)10-16(24)18(14)19;1-2-3-4-5/h12-15,18,22-23,26H,3-11H2,1-2H3;4H2,1H3/t12-,13-,14+,15+,18-,19+,20+,21+;/m1./s1. The lowest BCUT2D eigenvalue weighted by Gasteiger charge is -2.60. The number of Topliss-reactive ketones (excluding diaryl/α,β-unsaturated/α-hetero) is 2. The highest BCUT2D eigenvalue weighted by Crippen LogP contribution is 2.67. The van der Waals surface area contributed by atoms with E-state index >= 15 is 0 Å². The smallest absolute Gasteiger partial charge is 0.190 e. The average molecular weight is 497 g/mol. The van der Waals surface area contributed by atoms with Crippen molar-refractivity contribution in [1.82, 2.24) is 0 Å². The number of aliphatic hydroxyl groups is 3. The molecule has 4 fully saturated rings. The van der Waals surface area contributed by atoms with Crippen LogP contribution in [0.15, 0.2) is 0 Å². The third-order valence-corrected chi connectivity index (χ3v) is 9.61. The Bertz CT molecular complexity index is 772. The molecule has 4 aliphatic rings. The number of hydrogen-bond donors (Lipinski definition) is 3. The number of carbonyl (C=O) groups excluding carboxylic acids is 2. The summed E-state index contributed by atoms with van der Waals surface area (Å²) in [5, 5.41) is 31.4. The fourth-order valence-electron chi connectivity index (χ4n) is 7.71. The summed E-state index contributed by atoms with van der Waals surface area (Å²) in [7, 11) is 0. The summed E-state index contributed by atoms with van der Waals surface area (Å²) in [6.07, 6.45) is 5.47. The van der Waals surface area contributed by atoms with Crippen LogP contribution in [-0.2, 0) is 9.59 Å². The molecular formula is C25H37BrO5. The van der Waals surface area contributed by atoms with Crippen molar-refractivity contribution in [2.75, 3.05) is 11.9 Å². The first kappa shape index (κ1) is 24.9. The number of hydrogen-bond acceptors (Lipinski definition) is 5. The predicted molar refractivity (Wildman–Crippen MR) is 122 cm³/mol. The van der Waals surface area contributed by atoms with E-state index in [1.54, 1.807) is 0 Å². The van der Waals surface area contributed by atoms with Gasteiger partial charge in [0.05, 0.1) is 11.4 Å². The van der Waals surface area contributed by atoms with Crippen LogP contribution in [0.5, 0.6) is 0 Å². The van der Waals surface area contributed by atoms with Gasteiger partial charge >= 0.3 is 0 Å². The zero-order valence-electron chi connectivity index (χ0n) is 19.0. The zero-order valence-corrected chi connectivity index (χ0v) is 20.6. The van der Waals surface area contributed by atoms with Gasteiger partial charge in [0, 0.05) is 17.8 Å². The van der Waals surface area contributed by atoms with Crippen molar-refractivity contribution in [2.45, 2.75) is 83.8 Å². The Balaban J connectivity index is 0.000000491. The zero-order chi connectivity index (χ0) is 23.0. The maximum Gasteiger partial charge on any atom is 0.190 e. The van der Waals surface area contributed by atoms with Crippen molar-refractivity contribution in [3.05, 3.63) is 0 Å². The minimum Gasteiger partial charge on any atom is -0.393 e. The second kappa shape index (κ2) is 9.25. The lowest BCUT2D eigenvalue weighted by Crippen LogP contribution is -2.62. The minimum absolute atomic E-state index is 0.0154. The monoisotopic (exact) mass is 496 g/mol. The summed E-state index contributed by atoms with van der Waals surface area (Å²) in [5.41, 5.74) is -2.40. The number of ketones is 2. The van der Waals surface area contributed by atoms with Crippen LogP contribution in [0.2, 0.25) is 0 Å². The molecule has 8 atom stereocenters. The summed E-state index contributed by atoms with van der Waals surface area (Å²) in [5.74, 6) is 5.88. The molecule has 4 aliphatic carbocycles.